The molecular weight excluding hydrogens is 217 g/mol. The number of benzene rings is 1. The number of halogens is 2. The zero-order chi connectivity index (χ0) is 10.7. The first-order valence-electron chi connectivity index (χ1n) is 5.05. The highest BCUT2D eigenvalue weighted by atomic mass is 35.5. The quantitative estimate of drug-likeness (QED) is 0.842. The van der Waals surface area contributed by atoms with E-state index >= 15 is 0 Å². The summed E-state index contributed by atoms with van der Waals surface area (Å²) in [7, 11) is 0. The molecule has 1 aromatic carbocycles. The van der Waals surface area contributed by atoms with Crippen molar-refractivity contribution in [3.05, 3.63) is 29.0 Å². The van der Waals surface area contributed by atoms with Crippen LogP contribution in [0.4, 0.5) is 10.1 Å². The van der Waals surface area contributed by atoms with E-state index in [1.807, 2.05) is 0 Å². The van der Waals surface area contributed by atoms with Gasteiger partial charge in [0.05, 0.1) is 5.02 Å². The van der Waals surface area contributed by atoms with Gasteiger partial charge in [-0.1, -0.05) is 11.6 Å². The van der Waals surface area contributed by atoms with Gasteiger partial charge >= 0.3 is 0 Å². The van der Waals surface area contributed by atoms with Crippen molar-refractivity contribution in [1.29, 1.82) is 0 Å². The SMILES string of the molecule is Fc1cc(NC2CCOCC2)ccc1Cl. The van der Waals surface area contributed by atoms with Gasteiger partial charge in [0.1, 0.15) is 5.82 Å². The molecule has 1 heterocycles. The molecular formula is C11H13ClFNO. The Morgan fingerprint density at radius 2 is 2.07 bits per heavy atom. The van der Waals surface area contributed by atoms with Crippen molar-refractivity contribution < 1.29 is 9.13 Å². The van der Waals surface area contributed by atoms with Gasteiger partial charge in [-0.05, 0) is 31.0 Å². The Labute approximate surface area is 93.4 Å². The lowest BCUT2D eigenvalue weighted by molar-refractivity contribution is 0.0904. The molecule has 0 unspecified atom stereocenters. The highest BCUT2D eigenvalue weighted by molar-refractivity contribution is 6.30. The second-order valence-corrected chi connectivity index (χ2v) is 4.07. The molecule has 0 spiro atoms. The Balaban J connectivity index is 2.00. The fourth-order valence-corrected chi connectivity index (χ4v) is 1.78. The van der Waals surface area contributed by atoms with E-state index in [0.717, 1.165) is 31.7 Å². The molecule has 1 saturated heterocycles. The van der Waals surface area contributed by atoms with Crippen LogP contribution in [0.25, 0.3) is 0 Å². The third-order valence-corrected chi connectivity index (χ3v) is 2.82. The second kappa shape index (κ2) is 4.81. The highest BCUT2D eigenvalue weighted by Gasteiger charge is 2.13. The van der Waals surface area contributed by atoms with Crippen molar-refractivity contribution in [2.75, 3.05) is 18.5 Å². The van der Waals surface area contributed by atoms with Crippen LogP contribution in [0.15, 0.2) is 18.2 Å². The van der Waals surface area contributed by atoms with Crippen molar-refractivity contribution in [2.45, 2.75) is 18.9 Å². The minimum atomic E-state index is -0.381. The monoisotopic (exact) mass is 229 g/mol. The molecule has 4 heteroatoms. The van der Waals surface area contributed by atoms with Crippen molar-refractivity contribution >= 4 is 17.3 Å². The van der Waals surface area contributed by atoms with Crippen LogP contribution in [0, 0.1) is 5.82 Å². The van der Waals surface area contributed by atoms with Crippen molar-refractivity contribution in [1.82, 2.24) is 0 Å². The van der Waals surface area contributed by atoms with Crippen LogP contribution in [0.5, 0.6) is 0 Å². The maximum Gasteiger partial charge on any atom is 0.143 e. The number of nitrogens with one attached hydrogen (secondary N) is 1. The van der Waals surface area contributed by atoms with Crippen LogP contribution >= 0.6 is 11.6 Å². The smallest absolute Gasteiger partial charge is 0.143 e. The Morgan fingerprint density at radius 1 is 1.33 bits per heavy atom. The maximum absolute atomic E-state index is 13.1. The number of ether oxygens (including phenoxy) is 1. The molecule has 2 nitrogen and oxygen atoms in total. The predicted octanol–water partition coefficient (Wildman–Crippen LogP) is 3.07. The maximum atomic E-state index is 13.1. The zero-order valence-electron chi connectivity index (χ0n) is 8.30. The molecule has 15 heavy (non-hydrogen) atoms. The second-order valence-electron chi connectivity index (χ2n) is 3.66. The van der Waals surface area contributed by atoms with Crippen LogP contribution in [0.3, 0.4) is 0 Å². The summed E-state index contributed by atoms with van der Waals surface area (Å²) in [5.74, 6) is -0.381. The third kappa shape index (κ3) is 2.83. The van der Waals surface area contributed by atoms with Gasteiger partial charge in [0, 0.05) is 24.9 Å². The Hall–Kier alpha value is -0.800. The largest absolute Gasteiger partial charge is 0.382 e. The van der Waals surface area contributed by atoms with E-state index in [9.17, 15) is 4.39 Å². The standard InChI is InChI=1S/C11H13ClFNO/c12-10-2-1-9(7-11(10)13)14-8-3-5-15-6-4-8/h1-2,7-8,14H,3-6H2. The van der Waals surface area contributed by atoms with Crippen molar-refractivity contribution in [2.24, 2.45) is 0 Å². The molecule has 0 aromatic heterocycles. The normalized spacial score (nSPS) is 17.7. The summed E-state index contributed by atoms with van der Waals surface area (Å²) in [5, 5.41) is 3.43. The molecule has 1 N–H and O–H groups in total. The number of anilines is 1. The molecule has 2 rings (SSSR count). The summed E-state index contributed by atoms with van der Waals surface area (Å²) in [6.07, 6.45) is 1.93. The van der Waals surface area contributed by atoms with Crippen LogP contribution in [0.2, 0.25) is 5.02 Å². The topological polar surface area (TPSA) is 21.3 Å². The summed E-state index contributed by atoms with van der Waals surface area (Å²) in [4.78, 5) is 0. The minimum Gasteiger partial charge on any atom is -0.382 e. The van der Waals surface area contributed by atoms with Gasteiger partial charge in [0.2, 0.25) is 0 Å². The first kappa shape index (κ1) is 10.7. The summed E-state index contributed by atoms with van der Waals surface area (Å²) in [6.45, 7) is 1.54. The zero-order valence-corrected chi connectivity index (χ0v) is 9.06. The Bertz CT molecular complexity index is 339. The van der Waals surface area contributed by atoms with E-state index in [1.54, 1.807) is 12.1 Å². The van der Waals surface area contributed by atoms with Gasteiger partial charge < -0.3 is 10.1 Å². The number of hydrogen-bond acceptors (Lipinski definition) is 2. The van der Waals surface area contributed by atoms with E-state index in [0.29, 0.717) is 6.04 Å². The van der Waals surface area contributed by atoms with Gasteiger partial charge in [0.15, 0.2) is 0 Å². The molecule has 82 valence electrons. The first-order valence-corrected chi connectivity index (χ1v) is 5.43. The molecule has 1 fully saturated rings. The highest BCUT2D eigenvalue weighted by Crippen LogP contribution is 2.21. The lowest BCUT2D eigenvalue weighted by atomic mass is 10.1. The molecule has 1 aromatic rings. The Kier molecular flexibility index (Phi) is 3.44. The molecule has 0 bridgehead atoms. The summed E-state index contributed by atoms with van der Waals surface area (Å²) in [6, 6.07) is 5.16. The van der Waals surface area contributed by atoms with Gasteiger partial charge in [0.25, 0.3) is 0 Å². The number of rotatable bonds is 2. The molecule has 0 aliphatic carbocycles. The average molecular weight is 230 g/mol. The van der Waals surface area contributed by atoms with E-state index in [1.165, 1.54) is 6.07 Å². The van der Waals surface area contributed by atoms with Crippen LogP contribution < -0.4 is 5.32 Å². The van der Waals surface area contributed by atoms with E-state index in [-0.39, 0.29) is 10.8 Å². The summed E-state index contributed by atoms with van der Waals surface area (Å²) < 4.78 is 18.4. The van der Waals surface area contributed by atoms with Crippen LogP contribution in [-0.4, -0.2) is 19.3 Å². The molecule has 0 radical (unpaired) electrons. The van der Waals surface area contributed by atoms with Gasteiger partial charge in [-0.25, -0.2) is 4.39 Å². The molecule has 1 aliphatic heterocycles. The van der Waals surface area contributed by atoms with Gasteiger partial charge in [-0.15, -0.1) is 0 Å². The summed E-state index contributed by atoms with van der Waals surface area (Å²) >= 11 is 5.60. The molecule has 0 atom stereocenters. The predicted molar refractivity (Wildman–Crippen MR) is 58.9 cm³/mol. The van der Waals surface area contributed by atoms with Crippen molar-refractivity contribution in [3.8, 4) is 0 Å². The molecule has 0 amide bonds. The number of hydrogen-bond donors (Lipinski definition) is 1. The minimum absolute atomic E-state index is 0.160. The van der Waals surface area contributed by atoms with Crippen LogP contribution in [0.1, 0.15) is 12.8 Å². The Morgan fingerprint density at radius 3 is 2.73 bits per heavy atom. The van der Waals surface area contributed by atoms with E-state index < -0.39 is 0 Å². The molecule has 1 aliphatic rings. The van der Waals surface area contributed by atoms with Crippen LogP contribution in [-0.2, 0) is 4.74 Å². The molecule has 0 saturated carbocycles. The fraction of sp³-hybridized carbons (Fsp3) is 0.455. The van der Waals surface area contributed by atoms with E-state index in [2.05, 4.69) is 5.32 Å². The average Bonchev–Trinajstić information content (AvgIpc) is 2.25. The third-order valence-electron chi connectivity index (χ3n) is 2.51. The van der Waals surface area contributed by atoms with Crippen molar-refractivity contribution in [3.63, 3.8) is 0 Å². The fourth-order valence-electron chi connectivity index (χ4n) is 1.66. The summed E-state index contributed by atoms with van der Waals surface area (Å²) in [5.41, 5.74) is 0.781. The van der Waals surface area contributed by atoms with Gasteiger partial charge in [-0.3, -0.25) is 0 Å². The lowest BCUT2D eigenvalue weighted by Gasteiger charge is -2.24. The first-order chi connectivity index (χ1) is 7.25. The lowest BCUT2D eigenvalue weighted by Crippen LogP contribution is -2.27. The van der Waals surface area contributed by atoms with E-state index in [4.69, 9.17) is 16.3 Å². The van der Waals surface area contributed by atoms with Gasteiger partial charge in [-0.2, -0.15) is 0 Å².